The van der Waals surface area contributed by atoms with Crippen molar-refractivity contribution in [3.8, 4) is 11.5 Å². The van der Waals surface area contributed by atoms with Crippen molar-refractivity contribution < 1.29 is 9.63 Å². The molecule has 1 aliphatic heterocycles. The van der Waals surface area contributed by atoms with E-state index in [0.29, 0.717) is 53.1 Å². The molecule has 2 aliphatic rings. The highest BCUT2D eigenvalue weighted by Gasteiger charge is 2.26. The molecule has 0 bridgehead atoms. The molecule has 0 radical (unpaired) electrons. The van der Waals surface area contributed by atoms with Crippen molar-refractivity contribution in [2.45, 2.75) is 57.1 Å². The van der Waals surface area contributed by atoms with Crippen molar-refractivity contribution in [2.24, 2.45) is 0 Å². The zero-order valence-corrected chi connectivity index (χ0v) is 19.6. The summed E-state index contributed by atoms with van der Waals surface area (Å²) in [5, 5.41) is 14.7. The van der Waals surface area contributed by atoms with E-state index >= 15 is 0 Å². The van der Waals surface area contributed by atoms with Gasteiger partial charge in [-0.2, -0.15) is 4.98 Å². The first-order valence-corrected chi connectivity index (χ1v) is 12.4. The molecule has 1 unspecified atom stereocenters. The molecule has 1 aromatic carbocycles. The van der Waals surface area contributed by atoms with E-state index in [2.05, 4.69) is 20.0 Å². The summed E-state index contributed by atoms with van der Waals surface area (Å²) >= 11 is 6.59. The Labute approximate surface area is 201 Å². The standard InChI is InChI=1S/C24H27ClN6O3/c25-17-8-3-9-18-20(17)30(12-11-29-10-4-7-16(32)13-29)24(33)21-19(26-14-31(18)21)22-27-23(34-28-22)15-5-1-2-6-15/h3,8-9,14-16,32H,1-2,4-7,10-13H2. The lowest BCUT2D eigenvalue weighted by atomic mass is 10.1. The van der Waals surface area contributed by atoms with Gasteiger partial charge in [-0.1, -0.05) is 35.7 Å². The fourth-order valence-corrected chi connectivity index (χ4v) is 5.72. The average molecular weight is 483 g/mol. The lowest BCUT2D eigenvalue weighted by Crippen LogP contribution is -2.41. The molecular formula is C24H27ClN6O3. The second-order valence-electron chi connectivity index (χ2n) is 9.41. The van der Waals surface area contributed by atoms with Crippen LogP contribution in [0, 0.1) is 0 Å². The maximum atomic E-state index is 13.8. The van der Waals surface area contributed by atoms with Gasteiger partial charge >= 0.3 is 0 Å². The van der Waals surface area contributed by atoms with Gasteiger partial charge in [0.15, 0.2) is 0 Å². The predicted molar refractivity (Wildman–Crippen MR) is 128 cm³/mol. The summed E-state index contributed by atoms with van der Waals surface area (Å²) in [7, 11) is 0. The molecule has 178 valence electrons. The number of aliphatic hydroxyl groups excluding tert-OH is 1. The van der Waals surface area contributed by atoms with Gasteiger partial charge in [0.2, 0.25) is 11.7 Å². The van der Waals surface area contributed by atoms with Crippen LogP contribution in [0.25, 0.3) is 28.1 Å². The number of hydrogen-bond acceptors (Lipinski definition) is 7. The van der Waals surface area contributed by atoms with Gasteiger partial charge in [-0.05, 0) is 44.4 Å². The molecule has 1 N–H and O–H groups in total. The van der Waals surface area contributed by atoms with Crippen LogP contribution in [0.3, 0.4) is 0 Å². The fourth-order valence-electron chi connectivity index (χ4n) is 5.45. The number of halogens is 1. The second-order valence-corrected chi connectivity index (χ2v) is 9.82. The third kappa shape index (κ3) is 3.72. The lowest BCUT2D eigenvalue weighted by Gasteiger charge is -2.30. The molecule has 0 amide bonds. The number of aromatic nitrogens is 5. The van der Waals surface area contributed by atoms with Crippen LogP contribution in [0.15, 0.2) is 33.8 Å². The first-order valence-electron chi connectivity index (χ1n) is 12.0. The minimum absolute atomic E-state index is 0.196. The molecule has 4 heterocycles. The second kappa shape index (κ2) is 8.79. The van der Waals surface area contributed by atoms with Crippen LogP contribution in [0.4, 0.5) is 0 Å². The van der Waals surface area contributed by atoms with Gasteiger partial charge < -0.3 is 14.2 Å². The molecule has 1 saturated heterocycles. The van der Waals surface area contributed by atoms with Crippen LogP contribution >= 0.6 is 11.6 Å². The summed E-state index contributed by atoms with van der Waals surface area (Å²) in [6.45, 7) is 2.62. The van der Waals surface area contributed by atoms with E-state index in [1.165, 1.54) is 12.8 Å². The largest absolute Gasteiger partial charge is 0.392 e. The number of benzene rings is 1. The molecule has 9 nitrogen and oxygen atoms in total. The quantitative estimate of drug-likeness (QED) is 0.464. The van der Waals surface area contributed by atoms with Gasteiger partial charge in [0.05, 0.1) is 22.2 Å². The molecule has 1 aliphatic carbocycles. The Morgan fingerprint density at radius 1 is 1.12 bits per heavy atom. The number of rotatable bonds is 5. The van der Waals surface area contributed by atoms with Crippen LogP contribution in [0.5, 0.6) is 0 Å². The minimum atomic E-state index is -0.318. The number of imidazole rings is 1. The number of aliphatic hydroxyl groups is 1. The van der Waals surface area contributed by atoms with E-state index < -0.39 is 0 Å². The number of piperidine rings is 1. The highest BCUT2D eigenvalue weighted by molar-refractivity contribution is 6.35. The Morgan fingerprint density at radius 3 is 2.79 bits per heavy atom. The Morgan fingerprint density at radius 2 is 1.97 bits per heavy atom. The van der Waals surface area contributed by atoms with E-state index in [-0.39, 0.29) is 17.6 Å². The predicted octanol–water partition coefficient (Wildman–Crippen LogP) is 3.47. The molecular weight excluding hydrogens is 456 g/mol. The number of hydrogen-bond donors (Lipinski definition) is 1. The van der Waals surface area contributed by atoms with Crippen LogP contribution < -0.4 is 5.56 Å². The third-order valence-electron chi connectivity index (χ3n) is 7.19. The maximum Gasteiger partial charge on any atom is 0.277 e. The van der Waals surface area contributed by atoms with E-state index in [0.717, 1.165) is 37.7 Å². The summed E-state index contributed by atoms with van der Waals surface area (Å²) < 4.78 is 9.05. The molecule has 6 rings (SSSR count). The van der Waals surface area contributed by atoms with E-state index in [1.807, 2.05) is 12.1 Å². The maximum absolute atomic E-state index is 13.8. The highest BCUT2D eigenvalue weighted by atomic mass is 35.5. The number of nitrogens with zero attached hydrogens (tertiary/aromatic N) is 6. The molecule has 4 aromatic rings. The van der Waals surface area contributed by atoms with Crippen LogP contribution in [0.1, 0.15) is 50.3 Å². The SMILES string of the molecule is O=c1c2c(-c3noc(C4CCCC4)n3)ncn2c2cccc(Cl)c2n1CCN1CCCC(O)C1. The minimum Gasteiger partial charge on any atom is -0.392 e. The summed E-state index contributed by atoms with van der Waals surface area (Å²) in [4.78, 5) is 25.2. The van der Waals surface area contributed by atoms with Crippen LogP contribution in [-0.2, 0) is 6.54 Å². The summed E-state index contributed by atoms with van der Waals surface area (Å²) in [5.41, 5.74) is 2.09. The summed E-state index contributed by atoms with van der Waals surface area (Å²) in [6, 6.07) is 5.59. The number of likely N-dealkylation sites (tertiary alicyclic amines) is 1. The average Bonchev–Trinajstić information content (AvgIpc) is 3.59. The molecule has 0 spiro atoms. The summed E-state index contributed by atoms with van der Waals surface area (Å²) in [5.74, 6) is 1.25. The Bertz CT molecular complexity index is 1400. The molecule has 3 aromatic heterocycles. The topological polar surface area (TPSA) is 102 Å². The number of fused-ring (bicyclic) bond motifs is 3. The van der Waals surface area contributed by atoms with Gasteiger partial charge in [-0.15, -0.1) is 0 Å². The van der Waals surface area contributed by atoms with Gasteiger partial charge in [0.1, 0.15) is 17.5 Å². The molecule has 2 fully saturated rings. The third-order valence-corrected chi connectivity index (χ3v) is 7.49. The number of para-hydroxylation sites is 1. The van der Waals surface area contributed by atoms with E-state index in [1.54, 1.807) is 21.4 Å². The molecule has 34 heavy (non-hydrogen) atoms. The van der Waals surface area contributed by atoms with Crippen LogP contribution in [-0.4, -0.2) is 59.8 Å². The van der Waals surface area contributed by atoms with Gasteiger partial charge in [-0.3, -0.25) is 14.1 Å². The van der Waals surface area contributed by atoms with Crippen molar-refractivity contribution in [2.75, 3.05) is 19.6 Å². The zero-order chi connectivity index (χ0) is 23.2. The normalized spacial score (nSPS) is 20.1. The fraction of sp³-hybridized carbons (Fsp3) is 0.500. The Kier molecular flexibility index (Phi) is 5.63. The first-order chi connectivity index (χ1) is 16.6. The van der Waals surface area contributed by atoms with Gasteiger partial charge in [-0.25, -0.2) is 4.98 Å². The zero-order valence-electron chi connectivity index (χ0n) is 18.9. The molecule has 1 atom stereocenters. The van der Waals surface area contributed by atoms with Crippen molar-refractivity contribution in [3.05, 3.63) is 45.8 Å². The van der Waals surface area contributed by atoms with Gasteiger partial charge in [0, 0.05) is 25.6 Å². The first kappa shape index (κ1) is 21.8. The smallest absolute Gasteiger partial charge is 0.277 e. The van der Waals surface area contributed by atoms with Crippen molar-refractivity contribution in [1.29, 1.82) is 0 Å². The number of β-amino-alcohol motifs (C(OH)–C–C–N with tert-alkyl or cyclic N) is 1. The van der Waals surface area contributed by atoms with Crippen molar-refractivity contribution >= 4 is 28.2 Å². The van der Waals surface area contributed by atoms with Crippen molar-refractivity contribution in [1.82, 2.24) is 29.0 Å². The van der Waals surface area contributed by atoms with E-state index in [4.69, 9.17) is 16.1 Å². The highest BCUT2D eigenvalue weighted by Crippen LogP contribution is 2.34. The lowest BCUT2D eigenvalue weighted by molar-refractivity contribution is 0.0690. The Balaban J connectivity index is 1.45. The van der Waals surface area contributed by atoms with Gasteiger partial charge in [0.25, 0.3) is 5.56 Å². The monoisotopic (exact) mass is 482 g/mol. The summed E-state index contributed by atoms with van der Waals surface area (Å²) in [6.07, 6.45) is 7.51. The molecule has 10 heteroatoms. The Hall–Kier alpha value is -2.75. The van der Waals surface area contributed by atoms with Crippen molar-refractivity contribution in [3.63, 3.8) is 0 Å². The molecule has 1 saturated carbocycles. The van der Waals surface area contributed by atoms with E-state index in [9.17, 15) is 9.90 Å². The van der Waals surface area contributed by atoms with Crippen LogP contribution in [0.2, 0.25) is 5.02 Å².